The third-order valence-corrected chi connectivity index (χ3v) is 4.39. The van der Waals surface area contributed by atoms with Crippen LogP contribution in [0.2, 0.25) is 0 Å². The van der Waals surface area contributed by atoms with E-state index in [1.807, 2.05) is 39.8 Å². The van der Waals surface area contributed by atoms with Crippen LogP contribution in [0.1, 0.15) is 38.8 Å². The molecule has 0 aromatic heterocycles. The third kappa shape index (κ3) is 1.94. The summed E-state index contributed by atoms with van der Waals surface area (Å²) in [5, 5.41) is 0. The molecule has 1 aliphatic heterocycles. The van der Waals surface area contributed by atoms with E-state index in [1.54, 1.807) is 6.07 Å². The molecule has 1 saturated heterocycles. The largest absolute Gasteiger partial charge is 0.495 e. The summed E-state index contributed by atoms with van der Waals surface area (Å²) in [6, 6.07) is 3.11. The zero-order valence-corrected chi connectivity index (χ0v) is 11.8. The Morgan fingerprint density at radius 2 is 1.74 bits per heavy atom. The van der Waals surface area contributed by atoms with Crippen LogP contribution < -0.4 is 5.46 Å². The number of allylic oxidation sites excluding steroid dienone is 1. The molecule has 19 heavy (non-hydrogen) atoms. The van der Waals surface area contributed by atoms with Crippen LogP contribution in [0.4, 0.5) is 4.39 Å². The second-order valence-corrected chi connectivity index (χ2v) is 6.26. The predicted octanol–water partition coefficient (Wildman–Crippen LogP) is 2.69. The molecule has 4 heteroatoms. The Labute approximate surface area is 113 Å². The topological polar surface area (TPSA) is 18.5 Å². The Balaban J connectivity index is 2.03. The summed E-state index contributed by atoms with van der Waals surface area (Å²) in [7, 11) is -0.503. The lowest BCUT2D eigenvalue weighted by Gasteiger charge is -2.32. The van der Waals surface area contributed by atoms with Gasteiger partial charge < -0.3 is 9.31 Å². The summed E-state index contributed by atoms with van der Waals surface area (Å²) in [5.41, 5.74) is 2.03. The van der Waals surface area contributed by atoms with Crippen LogP contribution in [0.15, 0.2) is 18.2 Å². The lowest BCUT2D eigenvalue weighted by atomic mass is 9.75. The molecule has 0 N–H and O–H groups in total. The Kier molecular flexibility index (Phi) is 2.67. The van der Waals surface area contributed by atoms with Crippen LogP contribution in [-0.2, 0) is 15.7 Å². The monoisotopic (exact) mass is 260 g/mol. The first-order valence-electron chi connectivity index (χ1n) is 6.65. The molecule has 2 nitrogen and oxygen atoms in total. The van der Waals surface area contributed by atoms with E-state index < -0.39 is 18.3 Å². The van der Waals surface area contributed by atoms with Crippen molar-refractivity contribution in [2.24, 2.45) is 0 Å². The predicted molar refractivity (Wildman–Crippen MR) is 74.9 cm³/mol. The molecule has 0 unspecified atom stereocenters. The van der Waals surface area contributed by atoms with Crippen molar-refractivity contribution in [3.05, 3.63) is 35.2 Å². The van der Waals surface area contributed by atoms with Gasteiger partial charge in [0.25, 0.3) is 0 Å². The molecule has 1 aromatic rings. The Morgan fingerprint density at radius 3 is 2.37 bits per heavy atom. The third-order valence-electron chi connectivity index (χ3n) is 4.39. The minimum Gasteiger partial charge on any atom is -0.399 e. The summed E-state index contributed by atoms with van der Waals surface area (Å²) >= 11 is 0. The van der Waals surface area contributed by atoms with Crippen LogP contribution in [-0.4, -0.2) is 18.3 Å². The highest BCUT2D eigenvalue weighted by Crippen LogP contribution is 2.37. The van der Waals surface area contributed by atoms with Gasteiger partial charge in [0.05, 0.1) is 11.2 Å². The van der Waals surface area contributed by atoms with Gasteiger partial charge in [0.15, 0.2) is 0 Å². The summed E-state index contributed by atoms with van der Waals surface area (Å²) < 4.78 is 25.7. The summed E-state index contributed by atoms with van der Waals surface area (Å²) in [6.07, 6.45) is 4.84. The van der Waals surface area contributed by atoms with Gasteiger partial charge in [-0.05, 0) is 62.8 Å². The number of hydrogen-bond donors (Lipinski definition) is 0. The first-order chi connectivity index (χ1) is 8.80. The van der Waals surface area contributed by atoms with Crippen molar-refractivity contribution in [2.75, 3.05) is 0 Å². The van der Waals surface area contributed by atoms with Crippen molar-refractivity contribution in [1.82, 2.24) is 0 Å². The van der Waals surface area contributed by atoms with Crippen molar-refractivity contribution in [2.45, 2.75) is 45.3 Å². The Hall–Kier alpha value is -1.13. The molecule has 0 radical (unpaired) electrons. The Bertz CT molecular complexity index is 548. The number of hydrogen-bond acceptors (Lipinski definition) is 2. The van der Waals surface area contributed by atoms with E-state index in [9.17, 15) is 4.39 Å². The van der Waals surface area contributed by atoms with Crippen molar-refractivity contribution in [3.8, 4) is 0 Å². The summed E-state index contributed by atoms with van der Waals surface area (Å²) in [4.78, 5) is 0. The molecule has 0 amide bonds. The number of fused-ring (bicyclic) bond motifs is 1. The fourth-order valence-electron chi connectivity index (χ4n) is 2.54. The lowest BCUT2D eigenvalue weighted by molar-refractivity contribution is 0.00578. The van der Waals surface area contributed by atoms with Gasteiger partial charge in [-0.2, -0.15) is 0 Å². The van der Waals surface area contributed by atoms with Gasteiger partial charge in [-0.3, -0.25) is 0 Å². The van der Waals surface area contributed by atoms with Crippen LogP contribution in [0.3, 0.4) is 0 Å². The summed E-state index contributed by atoms with van der Waals surface area (Å²) in [5.74, 6) is -0.229. The fourth-order valence-corrected chi connectivity index (χ4v) is 2.54. The van der Waals surface area contributed by atoms with E-state index in [0.29, 0.717) is 0 Å². The highest BCUT2D eigenvalue weighted by Gasteiger charge is 2.52. The normalized spacial score (nSPS) is 22.9. The second-order valence-electron chi connectivity index (χ2n) is 6.26. The molecule has 0 atom stereocenters. The molecule has 1 aliphatic carbocycles. The SMILES string of the molecule is CC1(C)OB(c2cc(F)cc3c2C=CC3)OC1(C)C. The number of rotatable bonds is 1. The van der Waals surface area contributed by atoms with Crippen molar-refractivity contribution in [1.29, 1.82) is 0 Å². The Morgan fingerprint density at radius 1 is 1.11 bits per heavy atom. The lowest BCUT2D eigenvalue weighted by Crippen LogP contribution is -2.41. The summed E-state index contributed by atoms with van der Waals surface area (Å²) in [6.45, 7) is 8.01. The minimum atomic E-state index is -0.503. The van der Waals surface area contributed by atoms with Gasteiger partial charge >= 0.3 is 7.12 Å². The van der Waals surface area contributed by atoms with Gasteiger partial charge in [0.1, 0.15) is 5.82 Å². The molecule has 0 bridgehead atoms. The smallest absolute Gasteiger partial charge is 0.399 e. The average molecular weight is 260 g/mol. The van der Waals surface area contributed by atoms with Crippen molar-refractivity contribution < 1.29 is 13.7 Å². The van der Waals surface area contributed by atoms with Gasteiger partial charge in [-0.25, -0.2) is 4.39 Å². The molecule has 100 valence electrons. The van der Waals surface area contributed by atoms with Gasteiger partial charge in [-0.15, -0.1) is 0 Å². The van der Waals surface area contributed by atoms with Crippen molar-refractivity contribution >= 4 is 18.7 Å². The number of halogens is 1. The molecule has 3 rings (SSSR count). The van der Waals surface area contributed by atoms with Gasteiger partial charge in [-0.1, -0.05) is 12.2 Å². The maximum absolute atomic E-state index is 13.7. The molecule has 1 aromatic carbocycles. The first kappa shape index (κ1) is 12.9. The minimum absolute atomic E-state index is 0.229. The maximum atomic E-state index is 13.7. The zero-order chi connectivity index (χ0) is 13.8. The molecular weight excluding hydrogens is 242 g/mol. The maximum Gasteiger partial charge on any atom is 0.495 e. The van der Waals surface area contributed by atoms with Gasteiger partial charge in [0, 0.05) is 0 Å². The van der Waals surface area contributed by atoms with Gasteiger partial charge in [0.2, 0.25) is 0 Å². The standard InChI is InChI=1S/C15H18BFO2/c1-14(2)15(3,4)19-16(18-14)13-9-11(17)8-10-6-5-7-12(10)13/h5,7-9H,6H2,1-4H3. The quantitative estimate of drug-likeness (QED) is 0.723. The number of benzene rings is 1. The molecule has 2 aliphatic rings. The van der Waals surface area contributed by atoms with E-state index >= 15 is 0 Å². The van der Waals surface area contributed by atoms with E-state index in [2.05, 4.69) is 0 Å². The molecule has 1 fully saturated rings. The van der Waals surface area contributed by atoms with E-state index in [0.717, 1.165) is 23.0 Å². The van der Waals surface area contributed by atoms with E-state index in [-0.39, 0.29) is 5.82 Å². The molecular formula is C15H18BFO2. The van der Waals surface area contributed by atoms with Crippen LogP contribution in [0.25, 0.3) is 6.08 Å². The first-order valence-corrected chi connectivity index (χ1v) is 6.65. The van der Waals surface area contributed by atoms with Crippen LogP contribution in [0, 0.1) is 5.82 Å². The van der Waals surface area contributed by atoms with Crippen LogP contribution >= 0.6 is 0 Å². The highest BCUT2D eigenvalue weighted by molar-refractivity contribution is 6.63. The van der Waals surface area contributed by atoms with Crippen molar-refractivity contribution in [3.63, 3.8) is 0 Å². The van der Waals surface area contributed by atoms with E-state index in [4.69, 9.17) is 9.31 Å². The highest BCUT2D eigenvalue weighted by atomic mass is 19.1. The van der Waals surface area contributed by atoms with E-state index in [1.165, 1.54) is 6.07 Å². The van der Waals surface area contributed by atoms with Crippen LogP contribution in [0.5, 0.6) is 0 Å². The molecule has 1 heterocycles. The molecule has 0 saturated carbocycles. The molecule has 0 spiro atoms. The fraction of sp³-hybridized carbons (Fsp3) is 0.467. The zero-order valence-electron chi connectivity index (χ0n) is 11.8. The average Bonchev–Trinajstić information content (AvgIpc) is 2.80. The second kappa shape index (κ2) is 3.93.